The molecule has 1 N–H and O–H groups in total. The fraction of sp³-hybridized carbons (Fsp3) is 0.333. The number of rotatable bonds is 6. The lowest BCUT2D eigenvalue weighted by Crippen LogP contribution is -2.06. The van der Waals surface area contributed by atoms with E-state index in [0.717, 1.165) is 5.56 Å². The second-order valence-electron chi connectivity index (χ2n) is 4.11. The molecule has 1 heterocycles. The Morgan fingerprint density at radius 3 is 2.90 bits per heavy atom. The molecule has 0 radical (unpaired) electrons. The zero-order valence-electron chi connectivity index (χ0n) is 11.1. The van der Waals surface area contributed by atoms with Gasteiger partial charge in [0.2, 0.25) is 11.7 Å². The van der Waals surface area contributed by atoms with Crippen LogP contribution in [0.2, 0.25) is 0 Å². The van der Waals surface area contributed by atoms with E-state index in [-0.39, 0.29) is 18.0 Å². The summed E-state index contributed by atoms with van der Waals surface area (Å²) in [6.07, 6.45) is 0. The van der Waals surface area contributed by atoms with E-state index in [9.17, 15) is 10.1 Å². The molecular weight excluding hydrogens is 264 g/mol. The van der Waals surface area contributed by atoms with E-state index in [1.807, 2.05) is 0 Å². The number of benzene rings is 1. The molecule has 1 aromatic carbocycles. The summed E-state index contributed by atoms with van der Waals surface area (Å²) in [4.78, 5) is 14.5. The molecule has 2 aromatic rings. The summed E-state index contributed by atoms with van der Waals surface area (Å²) in [5, 5.41) is 17.6. The van der Waals surface area contributed by atoms with Gasteiger partial charge in [-0.15, -0.1) is 0 Å². The fourth-order valence-electron chi connectivity index (χ4n) is 1.68. The lowest BCUT2D eigenvalue weighted by molar-refractivity contribution is -0.386. The van der Waals surface area contributed by atoms with E-state index in [0.29, 0.717) is 18.3 Å². The maximum atomic E-state index is 11.0. The van der Waals surface area contributed by atoms with Crippen LogP contribution in [0.4, 0.5) is 5.69 Å². The van der Waals surface area contributed by atoms with Gasteiger partial charge in [-0.05, 0) is 18.7 Å². The minimum absolute atomic E-state index is 0.0174. The molecule has 20 heavy (non-hydrogen) atoms. The van der Waals surface area contributed by atoms with Gasteiger partial charge >= 0.3 is 5.69 Å². The van der Waals surface area contributed by atoms with Gasteiger partial charge in [-0.1, -0.05) is 11.2 Å². The van der Waals surface area contributed by atoms with E-state index >= 15 is 0 Å². The summed E-state index contributed by atoms with van der Waals surface area (Å²) in [5.41, 5.74) is 0.722. The quantitative estimate of drug-likeness (QED) is 0.632. The van der Waals surface area contributed by atoms with Crippen molar-refractivity contribution in [2.24, 2.45) is 0 Å². The highest BCUT2D eigenvalue weighted by atomic mass is 16.6. The zero-order chi connectivity index (χ0) is 14.5. The van der Waals surface area contributed by atoms with Crippen molar-refractivity contribution in [3.8, 4) is 5.75 Å². The standard InChI is InChI=1S/C12H14N4O4/c1-8-14-12(15-20-8)7-19-11-4-3-9(6-13-2)5-10(11)16(17)18/h3-5,13H,6-7H2,1-2H3. The molecule has 0 fully saturated rings. The third-order valence-corrected chi connectivity index (χ3v) is 2.53. The first-order valence-corrected chi connectivity index (χ1v) is 5.94. The van der Waals surface area contributed by atoms with E-state index in [1.165, 1.54) is 6.07 Å². The molecule has 0 aliphatic carbocycles. The Bertz CT molecular complexity index is 611. The second kappa shape index (κ2) is 6.11. The van der Waals surface area contributed by atoms with E-state index in [4.69, 9.17) is 9.26 Å². The molecule has 2 rings (SSSR count). The van der Waals surface area contributed by atoms with Crippen LogP contribution in [0, 0.1) is 17.0 Å². The summed E-state index contributed by atoms with van der Waals surface area (Å²) < 4.78 is 10.2. The molecular formula is C12H14N4O4. The van der Waals surface area contributed by atoms with Crippen LogP contribution in [0.3, 0.4) is 0 Å². The van der Waals surface area contributed by atoms with Gasteiger partial charge in [-0.2, -0.15) is 4.98 Å². The maximum Gasteiger partial charge on any atom is 0.311 e. The first kappa shape index (κ1) is 13.9. The summed E-state index contributed by atoms with van der Waals surface area (Å²) >= 11 is 0. The van der Waals surface area contributed by atoms with Crippen LogP contribution in [0.15, 0.2) is 22.7 Å². The van der Waals surface area contributed by atoms with Crippen LogP contribution in [-0.4, -0.2) is 22.1 Å². The number of ether oxygens (including phenoxy) is 1. The van der Waals surface area contributed by atoms with Gasteiger partial charge in [0, 0.05) is 19.5 Å². The summed E-state index contributed by atoms with van der Waals surface area (Å²) in [7, 11) is 1.77. The van der Waals surface area contributed by atoms with E-state index in [2.05, 4.69) is 15.5 Å². The van der Waals surface area contributed by atoms with Crippen LogP contribution >= 0.6 is 0 Å². The van der Waals surface area contributed by atoms with Crippen molar-refractivity contribution in [3.63, 3.8) is 0 Å². The topological polar surface area (TPSA) is 103 Å². The highest BCUT2D eigenvalue weighted by Gasteiger charge is 2.16. The van der Waals surface area contributed by atoms with E-state index < -0.39 is 4.92 Å². The molecule has 0 atom stereocenters. The largest absolute Gasteiger partial charge is 0.478 e. The Labute approximate surface area is 114 Å². The van der Waals surface area contributed by atoms with Gasteiger partial charge in [0.15, 0.2) is 12.4 Å². The van der Waals surface area contributed by atoms with Gasteiger partial charge in [-0.3, -0.25) is 10.1 Å². The van der Waals surface area contributed by atoms with Crippen molar-refractivity contribution in [1.82, 2.24) is 15.5 Å². The molecule has 106 valence electrons. The molecule has 0 aliphatic heterocycles. The van der Waals surface area contributed by atoms with Gasteiger partial charge in [0.25, 0.3) is 0 Å². The molecule has 1 aromatic heterocycles. The Morgan fingerprint density at radius 1 is 1.50 bits per heavy atom. The Balaban J connectivity index is 2.15. The van der Waals surface area contributed by atoms with Crippen molar-refractivity contribution >= 4 is 5.69 Å². The minimum atomic E-state index is -0.476. The number of nitro benzene ring substituents is 1. The minimum Gasteiger partial charge on any atom is -0.478 e. The van der Waals surface area contributed by atoms with E-state index in [1.54, 1.807) is 26.1 Å². The molecule has 0 spiro atoms. The molecule has 0 unspecified atom stereocenters. The molecule has 0 saturated heterocycles. The zero-order valence-corrected chi connectivity index (χ0v) is 11.1. The van der Waals surface area contributed by atoms with Crippen LogP contribution in [0.1, 0.15) is 17.3 Å². The van der Waals surface area contributed by atoms with Crippen LogP contribution in [-0.2, 0) is 13.2 Å². The highest BCUT2D eigenvalue weighted by Crippen LogP contribution is 2.28. The Kier molecular flexibility index (Phi) is 4.26. The molecule has 0 saturated carbocycles. The van der Waals surface area contributed by atoms with Gasteiger partial charge < -0.3 is 14.6 Å². The van der Waals surface area contributed by atoms with Crippen molar-refractivity contribution < 1.29 is 14.2 Å². The first-order valence-electron chi connectivity index (χ1n) is 5.94. The van der Waals surface area contributed by atoms with Gasteiger partial charge in [0.05, 0.1) is 4.92 Å². The predicted octanol–water partition coefficient (Wildman–Crippen LogP) is 1.58. The van der Waals surface area contributed by atoms with Crippen molar-refractivity contribution in [3.05, 3.63) is 45.6 Å². The molecule has 0 amide bonds. The number of nitrogens with one attached hydrogen (secondary N) is 1. The third kappa shape index (κ3) is 3.29. The van der Waals surface area contributed by atoms with Crippen LogP contribution in [0.25, 0.3) is 0 Å². The lowest BCUT2D eigenvalue weighted by Gasteiger charge is -2.06. The predicted molar refractivity (Wildman–Crippen MR) is 69.2 cm³/mol. The normalized spacial score (nSPS) is 10.5. The molecule has 8 nitrogen and oxygen atoms in total. The number of aryl methyl sites for hydroxylation is 1. The third-order valence-electron chi connectivity index (χ3n) is 2.53. The fourth-order valence-corrected chi connectivity index (χ4v) is 1.68. The molecule has 0 aliphatic rings. The van der Waals surface area contributed by atoms with Crippen molar-refractivity contribution in [2.75, 3.05) is 7.05 Å². The Hall–Kier alpha value is -2.48. The number of nitro groups is 1. The first-order chi connectivity index (χ1) is 9.60. The molecule has 8 heteroatoms. The van der Waals surface area contributed by atoms with Gasteiger partial charge in [0.1, 0.15) is 0 Å². The van der Waals surface area contributed by atoms with Crippen molar-refractivity contribution in [1.29, 1.82) is 0 Å². The molecule has 0 bridgehead atoms. The van der Waals surface area contributed by atoms with Crippen molar-refractivity contribution in [2.45, 2.75) is 20.1 Å². The van der Waals surface area contributed by atoms with Crippen LogP contribution in [0.5, 0.6) is 5.75 Å². The SMILES string of the molecule is CNCc1ccc(OCc2noc(C)n2)c([N+](=O)[O-])c1. The maximum absolute atomic E-state index is 11.0. The van der Waals surface area contributed by atoms with Gasteiger partial charge in [-0.25, -0.2) is 0 Å². The number of aromatic nitrogens is 2. The summed E-state index contributed by atoms with van der Waals surface area (Å²) in [6.45, 7) is 2.22. The smallest absolute Gasteiger partial charge is 0.311 e. The second-order valence-corrected chi connectivity index (χ2v) is 4.11. The monoisotopic (exact) mass is 278 g/mol. The number of hydrogen-bond donors (Lipinski definition) is 1. The highest BCUT2D eigenvalue weighted by molar-refractivity contribution is 5.48. The lowest BCUT2D eigenvalue weighted by atomic mass is 10.2. The van der Waals surface area contributed by atoms with Crippen LogP contribution < -0.4 is 10.1 Å². The average Bonchev–Trinajstić information content (AvgIpc) is 2.83. The Morgan fingerprint density at radius 2 is 2.30 bits per heavy atom. The summed E-state index contributed by atoms with van der Waals surface area (Å²) in [6, 6.07) is 4.81. The number of hydrogen-bond acceptors (Lipinski definition) is 7. The number of nitrogens with zero attached hydrogens (tertiary/aromatic N) is 3. The average molecular weight is 278 g/mol. The summed E-state index contributed by atoms with van der Waals surface area (Å²) in [5.74, 6) is 0.941.